The van der Waals surface area contributed by atoms with E-state index in [4.69, 9.17) is 9.78 Å². The second-order valence-corrected chi connectivity index (χ2v) is 2.77. The van der Waals surface area contributed by atoms with Gasteiger partial charge in [-0.3, -0.25) is 0 Å². The fourth-order valence-corrected chi connectivity index (χ4v) is 0.895. The van der Waals surface area contributed by atoms with Gasteiger partial charge in [0.1, 0.15) is 0 Å². The third kappa shape index (κ3) is 6.92. The van der Waals surface area contributed by atoms with Crippen molar-refractivity contribution in [2.75, 3.05) is 26.4 Å². The van der Waals surface area contributed by atoms with Gasteiger partial charge in [0, 0.05) is 6.42 Å². The topological polar surface area (TPSA) is 46.2 Å². The molecule has 0 aliphatic carbocycles. The molecule has 2 saturated heterocycles. The Labute approximate surface area is 77.6 Å². The Kier molecular flexibility index (Phi) is 7.03. The highest BCUT2D eigenvalue weighted by Gasteiger charge is 1.97. The van der Waals surface area contributed by atoms with Gasteiger partial charge in [0.2, 0.25) is 0 Å². The van der Waals surface area contributed by atoms with Crippen LogP contribution in [0.25, 0.3) is 0 Å². The highest BCUT2D eigenvalue weighted by molar-refractivity contribution is 4.40. The molecule has 2 fully saturated rings. The van der Waals surface area contributed by atoms with Crippen LogP contribution >= 0.6 is 0 Å². The fourth-order valence-electron chi connectivity index (χ4n) is 0.895. The van der Waals surface area contributed by atoms with E-state index in [1.807, 2.05) is 0 Å². The quantitative estimate of drug-likeness (QED) is 0.543. The van der Waals surface area contributed by atoms with E-state index in [2.05, 4.69) is 14.8 Å². The van der Waals surface area contributed by atoms with E-state index >= 15 is 0 Å². The van der Waals surface area contributed by atoms with Crippen LogP contribution in [0, 0.1) is 0 Å². The predicted molar refractivity (Wildman–Crippen MR) is 43.4 cm³/mol. The van der Waals surface area contributed by atoms with Crippen LogP contribution in [-0.4, -0.2) is 26.4 Å². The van der Waals surface area contributed by atoms with E-state index in [9.17, 15) is 0 Å². The first-order valence-corrected chi connectivity index (χ1v) is 4.65. The predicted octanol–water partition coefficient (Wildman–Crippen LogP) is 1.39. The second kappa shape index (κ2) is 8.40. The molecule has 0 aromatic carbocycles. The van der Waals surface area contributed by atoms with Crippen LogP contribution in [0.4, 0.5) is 0 Å². The molecule has 0 atom stereocenters. The SMILES string of the molecule is C1CCOOCC1.C1COOOC1. The maximum Gasteiger partial charge on any atom is 0.0877 e. The highest BCUT2D eigenvalue weighted by Crippen LogP contribution is 2.01. The Balaban J connectivity index is 0.000000132. The monoisotopic (exact) mass is 192 g/mol. The molecule has 0 radical (unpaired) electrons. The van der Waals surface area contributed by atoms with Crippen molar-refractivity contribution >= 4 is 0 Å². The molecule has 0 N–H and O–H groups in total. The van der Waals surface area contributed by atoms with Gasteiger partial charge in [0.25, 0.3) is 0 Å². The molecule has 0 aromatic rings. The molecular weight excluding hydrogens is 176 g/mol. The molecule has 0 amide bonds. The third-order valence-electron chi connectivity index (χ3n) is 1.59. The third-order valence-corrected chi connectivity index (χ3v) is 1.59. The maximum atomic E-state index is 4.69. The lowest BCUT2D eigenvalue weighted by Gasteiger charge is -2.06. The molecule has 78 valence electrons. The molecule has 2 rings (SSSR count). The van der Waals surface area contributed by atoms with Crippen molar-refractivity contribution < 1.29 is 24.6 Å². The van der Waals surface area contributed by atoms with Crippen molar-refractivity contribution in [2.24, 2.45) is 0 Å². The summed E-state index contributed by atoms with van der Waals surface area (Å²) in [6.07, 6.45) is 4.49. The van der Waals surface area contributed by atoms with E-state index in [1.54, 1.807) is 0 Å². The minimum Gasteiger partial charge on any atom is -0.237 e. The van der Waals surface area contributed by atoms with Crippen molar-refractivity contribution in [1.29, 1.82) is 0 Å². The zero-order valence-electron chi connectivity index (χ0n) is 7.70. The zero-order valence-corrected chi connectivity index (χ0v) is 7.70. The van der Waals surface area contributed by atoms with Crippen LogP contribution in [0.5, 0.6) is 0 Å². The number of hydrogen-bond donors (Lipinski definition) is 0. The lowest BCUT2D eigenvalue weighted by atomic mass is 10.3. The van der Waals surface area contributed by atoms with Gasteiger partial charge in [0.15, 0.2) is 0 Å². The second-order valence-electron chi connectivity index (χ2n) is 2.77. The average molecular weight is 192 g/mol. The van der Waals surface area contributed by atoms with Crippen LogP contribution in [0.3, 0.4) is 0 Å². The molecule has 5 nitrogen and oxygen atoms in total. The summed E-state index contributed by atoms with van der Waals surface area (Å²) in [5.74, 6) is 0. The molecule has 0 bridgehead atoms. The summed E-state index contributed by atoms with van der Waals surface area (Å²) in [4.78, 5) is 18.1. The summed E-state index contributed by atoms with van der Waals surface area (Å²) >= 11 is 0. The Hall–Kier alpha value is -0.200. The van der Waals surface area contributed by atoms with Crippen LogP contribution < -0.4 is 0 Å². The molecule has 2 aliphatic heterocycles. The van der Waals surface area contributed by atoms with Crippen molar-refractivity contribution in [3.05, 3.63) is 0 Å². The van der Waals surface area contributed by atoms with Gasteiger partial charge < -0.3 is 0 Å². The largest absolute Gasteiger partial charge is 0.237 e. The van der Waals surface area contributed by atoms with Crippen molar-refractivity contribution in [3.63, 3.8) is 0 Å². The normalized spacial score (nSPS) is 24.0. The first-order valence-electron chi connectivity index (χ1n) is 4.65. The van der Waals surface area contributed by atoms with Crippen LogP contribution in [0.2, 0.25) is 0 Å². The minimum absolute atomic E-state index is 0.653. The molecule has 0 spiro atoms. The molecule has 0 saturated carbocycles. The van der Waals surface area contributed by atoms with E-state index in [1.165, 1.54) is 6.42 Å². The summed E-state index contributed by atoms with van der Waals surface area (Å²) in [6, 6.07) is 0. The van der Waals surface area contributed by atoms with Gasteiger partial charge in [-0.05, 0) is 19.3 Å². The van der Waals surface area contributed by atoms with Crippen LogP contribution in [0.1, 0.15) is 25.7 Å². The van der Waals surface area contributed by atoms with Crippen LogP contribution in [-0.2, 0) is 24.6 Å². The van der Waals surface area contributed by atoms with Gasteiger partial charge in [-0.15, -0.1) is 0 Å². The van der Waals surface area contributed by atoms with Crippen molar-refractivity contribution in [3.8, 4) is 0 Å². The summed E-state index contributed by atoms with van der Waals surface area (Å²) in [6.45, 7) is 2.86. The van der Waals surface area contributed by atoms with Gasteiger partial charge in [-0.1, -0.05) is 5.04 Å². The summed E-state index contributed by atoms with van der Waals surface area (Å²) < 4.78 is 0. The molecule has 5 heteroatoms. The van der Waals surface area contributed by atoms with Gasteiger partial charge in [0.05, 0.1) is 26.4 Å². The van der Waals surface area contributed by atoms with E-state index in [0.29, 0.717) is 13.2 Å². The number of rotatable bonds is 0. The number of hydrogen-bond acceptors (Lipinski definition) is 5. The standard InChI is InChI=1S/C5H10O2.C3H6O3/c1-2-4-6-7-5-3-1;1-2-4-6-5-3-1/h1-5H2;1-3H2. The first-order chi connectivity index (χ1) is 6.50. The molecule has 0 unspecified atom stereocenters. The Morgan fingerprint density at radius 3 is 1.38 bits per heavy atom. The fraction of sp³-hybridized carbons (Fsp3) is 1.00. The van der Waals surface area contributed by atoms with E-state index in [0.717, 1.165) is 32.5 Å². The summed E-state index contributed by atoms with van der Waals surface area (Å²) in [7, 11) is 0. The molecular formula is C8H16O5. The Bertz CT molecular complexity index is 73.5. The summed E-state index contributed by atoms with van der Waals surface area (Å²) in [5, 5.41) is 4.07. The Morgan fingerprint density at radius 2 is 1.00 bits per heavy atom. The van der Waals surface area contributed by atoms with Crippen molar-refractivity contribution in [1.82, 2.24) is 0 Å². The molecule has 13 heavy (non-hydrogen) atoms. The van der Waals surface area contributed by atoms with Crippen molar-refractivity contribution in [2.45, 2.75) is 25.7 Å². The first kappa shape index (κ1) is 10.9. The smallest absolute Gasteiger partial charge is 0.0877 e. The Morgan fingerprint density at radius 1 is 0.462 bits per heavy atom. The highest BCUT2D eigenvalue weighted by atomic mass is 17.5. The lowest BCUT2D eigenvalue weighted by molar-refractivity contribution is -0.532. The van der Waals surface area contributed by atoms with E-state index < -0.39 is 0 Å². The molecule has 0 aromatic heterocycles. The summed E-state index contributed by atoms with van der Waals surface area (Å²) in [5.41, 5.74) is 0. The van der Waals surface area contributed by atoms with Gasteiger partial charge in [-0.25, -0.2) is 19.6 Å². The van der Waals surface area contributed by atoms with E-state index in [-0.39, 0.29) is 0 Å². The maximum absolute atomic E-state index is 4.69. The lowest BCUT2D eigenvalue weighted by Crippen LogP contribution is -2.08. The zero-order chi connectivity index (χ0) is 9.19. The van der Waals surface area contributed by atoms with Crippen LogP contribution in [0.15, 0.2) is 0 Å². The van der Waals surface area contributed by atoms with Gasteiger partial charge in [-0.2, -0.15) is 0 Å². The molecule has 2 heterocycles. The minimum atomic E-state index is 0.653. The average Bonchev–Trinajstić information content (AvgIpc) is 2.53. The molecule has 2 aliphatic rings. The van der Waals surface area contributed by atoms with Gasteiger partial charge >= 0.3 is 0 Å².